The normalized spacial score (nSPS) is 19.1. The van der Waals surface area contributed by atoms with E-state index < -0.39 is 17.3 Å². The third kappa shape index (κ3) is 3.92. The molecule has 2 fully saturated rings. The molecular formula is C21H20ClF3N2O2. The summed E-state index contributed by atoms with van der Waals surface area (Å²) in [6, 6.07) is 11.0. The molecule has 2 heterocycles. The Labute approximate surface area is 171 Å². The zero-order chi connectivity index (χ0) is 20.6. The molecule has 0 atom stereocenters. The second kappa shape index (κ2) is 7.52. The first kappa shape index (κ1) is 20.0. The Morgan fingerprint density at radius 1 is 1.10 bits per heavy atom. The first-order valence-corrected chi connectivity index (χ1v) is 9.92. The van der Waals surface area contributed by atoms with E-state index in [0.717, 1.165) is 37.3 Å². The second-order valence-corrected chi connectivity index (χ2v) is 8.04. The number of alkyl halides is 3. The number of likely N-dealkylation sites (tertiary alicyclic amines) is 1. The number of hydrogen-bond donors (Lipinski definition) is 0. The van der Waals surface area contributed by atoms with E-state index in [2.05, 4.69) is 4.98 Å². The smallest absolute Gasteiger partial charge is 0.433 e. The fourth-order valence-corrected chi connectivity index (χ4v) is 4.29. The van der Waals surface area contributed by atoms with Gasteiger partial charge in [-0.25, -0.2) is 4.98 Å². The molecule has 1 saturated carbocycles. The number of benzene rings is 1. The number of amides is 1. The zero-order valence-corrected chi connectivity index (χ0v) is 16.3. The van der Waals surface area contributed by atoms with Crippen molar-refractivity contribution in [3.63, 3.8) is 0 Å². The molecule has 1 aliphatic heterocycles. The van der Waals surface area contributed by atoms with Crippen LogP contribution in [-0.4, -0.2) is 35.0 Å². The quantitative estimate of drug-likeness (QED) is 0.704. The average Bonchev–Trinajstić information content (AvgIpc) is 3.15. The molecule has 0 N–H and O–H groups in total. The third-order valence-corrected chi connectivity index (χ3v) is 5.95. The van der Waals surface area contributed by atoms with Gasteiger partial charge < -0.3 is 9.64 Å². The SMILES string of the molecule is O=C(N1CC(Oc2cccc(C(F)(F)F)n2)C1)C1(c2ccc(Cl)cc2)CCCC1. The number of carbonyl (C=O) groups excluding carboxylic acids is 1. The van der Waals surface area contributed by atoms with Gasteiger partial charge in [-0.3, -0.25) is 4.79 Å². The first-order valence-electron chi connectivity index (χ1n) is 9.54. The first-order chi connectivity index (χ1) is 13.8. The Bertz CT molecular complexity index is 890. The highest BCUT2D eigenvalue weighted by molar-refractivity contribution is 6.30. The van der Waals surface area contributed by atoms with Crippen LogP contribution in [0, 0.1) is 0 Å². The fraction of sp³-hybridized carbons (Fsp3) is 0.429. The number of nitrogens with zero attached hydrogens (tertiary/aromatic N) is 2. The van der Waals surface area contributed by atoms with Gasteiger partial charge in [-0.1, -0.05) is 42.6 Å². The van der Waals surface area contributed by atoms with Gasteiger partial charge in [0.2, 0.25) is 11.8 Å². The van der Waals surface area contributed by atoms with Gasteiger partial charge in [0, 0.05) is 11.1 Å². The molecule has 0 radical (unpaired) electrons. The molecule has 4 nitrogen and oxygen atoms in total. The topological polar surface area (TPSA) is 42.4 Å². The number of rotatable bonds is 4. The van der Waals surface area contributed by atoms with Crippen molar-refractivity contribution in [3.8, 4) is 5.88 Å². The lowest BCUT2D eigenvalue weighted by atomic mass is 9.77. The Balaban J connectivity index is 1.42. The molecule has 0 unspecified atom stereocenters. The minimum Gasteiger partial charge on any atom is -0.471 e. The number of ether oxygens (including phenoxy) is 1. The van der Waals surface area contributed by atoms with Gasteiger partial charge in [0.1, 0.15) is 11.8 Å². The summed E-state index contributed by atoms with van der Waals surface area (Å²) in [6.07, 6.45) is -1.35. The molecule has 154 valence electrons. The van der Waals surface area contributed by atoms with E-state index in [1.165, 1.54) is 12.1 Å². The van der Waals surface area contributed by atoms with Crippen molar-refractivity contribution in [3.05, 3.63) is 58.7 Å². The van der Waals surface area contributed by atoms with Crippen LogP contribution >= 0.6 is 11.6 Å². The van der Waals surface area contributed by atoms with Crippen molar-refractivity contribution in [2.24, 2.45) is 0 Å². The van der Waals surface area contributed by atoms with Crippen LogP contribution in [0.15, 0.2) is 42.5 Å². The molecule has 0 spiro atoms. The maximum atomic E-state index is 13.3. The molecule has 2 aliphatic rings. The molecule has 2 aromatic rings. The molecule has 29 heavy (non-hydrogen) atoms. The van der Waals surface area contributed by atoms with Gasteiger partial charge in [0.15, 0.2) is 0 Å². The van der Waals surface area contributed by atoms with Crippen LogP contribution in [0.4, 0.5) is 13.2 Å². The highest BCUT2D eigenvalue weighted by atomic mass is 35.5. The van der Waals surface area contributed by atoms with Gasteiger partial charge in [-0.05, 0) is 36.6 Å². The van der Waals surface area contributed by atoms with Gasteiger partial charge in [-0.2, -0.15) is 13.2 Å². The minimum atomic E-state index is -4.52. The monoisotopic (exact) mass is 424 g/mol. The number of hydrogen-bond acceptors (Lipinski definition) is 3. The minimum absolute atomic E-state index is 0.0502. The van der Waals surface area contributed by atoms with E-state index >= 15 is 0 Å². The van der Waals surface area contributed by atoms with Gasteiger partial charge >= 0.3 is 6.18 Å². The van der Waals surface area contributed by atoms with Crippen molar-refractivity contribution in [2.75, 3.05) is 13.1 Å². The van der Waals surface area contributed by atoms with Crippen LogP contribution in [0.2, 0.25) is 5.02 Å². The van der Waals surface area contributed by atoms with Crippen molar-refractivity contribution >= 4 is 17.5 Å². The van der Waals surface area contributed by atoms with Crippen LogP contribution in [0.25, 0.3) is 0 Å². The molecule has 1 aliphatic carbocycles. The van der Waals surface area contributed by atoms with Gasteiger partial charge in [0.25, 0.3) is 0 Å². The van der Waals surface area contributed by atoms with Crippen LogP contribution in [0.3, 0.4) is 0 Å². The largest absolute Gasteiger partial charge is 0.471 e. The number of aromatic nitrogens is 1. The molecule has 1 saturated heterocycles. The highest BCUT2D eigenvalue weighted by Crippen LogP contribution is 2.43. The molecule has 1 amide bonds. The predicted molar refractivity (Wildman–Crippen MR) is 102 cm³/mol. The van der Waals surface area contributed by atoms with Gasteiger partial charge in [-0.15, -0.1) is 0 Å². The van der Waals surface area contributed by atoms with E-state index in [0.29, 0.717) is 18.1 Å². The predicted octanol–water partition coefficient (Wildman–Crippen LogP) is 4.86. The van der Waals surface area contributed by atoms with Crippen LogP contribution in [0.5, 0.6) is 5.88 Å². The molecule has 1 aromatic carbocycles. The van der Waals surface area contributed by atoms with E-state index in [1.807, 2.05) is 12.1 Å². The lowest BCUT2D eigenvalue weighted by molar-refractivity contribution is -0.146. The summed E-state index contributed by atoms with van der Waals surface area (Å²) in [6.45, 7) is 0.679. The summed E-state index contributed by atoms with van der Waals surface area (Å²) in [5.74, 6) is -0.0284. The van der Waals surface area contributed by atoms with Crippen LogP contribution in [-0.2, 0) is 16.4 Å². The van der Waals surface area contributed by atoms with Crippen LogP contribution < -0.4 is 4.74 Å². The Morgan fingerprint density at radius 3 is 2.38 bits per heavy atom. The maximum absolute atomic E-state index is 13.3. The lowest BCUT2D eigenvalue weighted by Gasteiger charge is -2.43. The summed E-state index contributed by atoms with van der Waals surface area (Å²) >= 11 is 5.99. The fourth-order valence-electron chi connectivity index (χ4n) is 4.16. The average molecular weight is 425 g/mol. The van der Waals surface area contributed by atoms with Gasteiger partial charge in [0.05, 0.1) is 18.5 Å². The van der Waals surface area contributed by atoms with Crippen molar-refractivity contribution in [1.29, 1.82) is 0 Å². The lowest BCUT2D eigenvalue weighted by Crippen LogP contribution is -2.60. The highest BCUT2D eigenvalue weighted by Gasteiger charge is 2.48. The molecule has 8 heteroatoms. The molecule has 1 aromatic heterocycles. The molecule has 4 rings (SSSR count). The summed E-state index contributed by atoms with van der Waals surface area (Å²) in [4.78, 5) is 18.5. The number of pyridine rings is 1. The third-order valence-electron chi connectivity index (χ3n) is 5.70. The maximum Gasteiger partial charge on any atom is 0.433 e. The van der Waals surface area contributed by atoms with E-state index in [4.69, 9.17) is 16.3 Å². The second-order valence-electron chi connectivity index (χ2n) is 7.60. The Kier molecular flexibility index (Phi) is 5.19. The molecular weight excluding hydrogens is 405 g/mol. The standard InChI is InChI=1S/C21H20ClF3N2O2/c22-15-8-6-14(7-9-15)20(10-1-2-11-20)19(28)27-12-16(13-27)29-18-5-3-4-17(26-18)21(23,24)25/h3-9,16H,1-2,10-13H2. The van der Waals surface area contributed by atoms with E-state index in [9.17, 15) is 18.0 Å². The van der Waals surface area contributed by atoms with Crippen molar-refractivity contribution < 1.29 is 22.7 Å². The number of carbonyl (C=O) groups is 1. The van der Waals surface area contributed by atoms with E-state index in [-0.39, 0.29) is 17.9 Å². The van der Waals surface area contributed by atoms with Crippen LogP contribution in [0.1, 0.15) is 36.9 Å². The summed E-state index contributed by atoms with van der Waals surface area (Å²) in [5.41, 5.74) is -0.576. The Hall–Kier alpha value is -2.28. The summed E-state index contributed by atoms with van der Waals surface area (Å²) in [5, 5.41) is 0.625. The Morgan fingerprint density at radius 2 is 1.76 bits per heavy atom. The van der Waals surface area contributed by atoms with Crippen molar-refractivity contribution in [2.45, 2.75) is 43.4 Å². The summed E-state index contributed by atoms with van der Waals surface area (Å²) < 4.78 is 43.9. The zero-order valence-electron chi connectivity index (χ0n) is 15.6. The molecule has 0 bridgehead atoms. The van der Waals surface area contributed by atoms with Crippen molar-refractivity contribution in [1.82, 2.24) is 9.88 Å². The summed E-state index contributed by atoms with van der Waals surface area (Å²) in [7, 11) is 0. The number of halogens is 4. The van der Waals surface area contributed by atoms with E-state index in [1.54, 1.807) is 17.0 Å².